The molecular weight excluding hydrogens is 344 g/mol. The lowest BCUT2D eigenvalue weighted by atomic mass is 10.2. The number of anilines is 2. The molecule has 0 fully saturated rings. The van der Waals surface area contributed by atoms with Gasteiger partial charge in [-0.2, -0.15) is 0 Å². The largest absolute Gasteiger partial charge is 0.370 e. The Morgan fingerprint density at radius 1 is 1.15 bits per heavy atom. The number of rotatable bonds is 6. The number of aromatic nitrogens is 1. The van der Waals surface area contributed by atoms with Crippen molar-refractivity contribution in [1.29, 1.82) is 0 Å². The standard InChI is InChI=1S/C20H22N4OS/c1-15(24(2)18-6-4-3-5-7-18)14-22-20(25)23-17-10-8-16(9-11-17)19-21-12-13-26-19/h3-13,15H,14H2,1-2H3,(H2,22,23,25)/t15-/m0/s1. The molecule has 134 valence electrons. The van der Waals surface area contributed by atoms with E-state index in [0.717, 1.165) is 21.9 Å². The normalized spacial score (nSPS) is 11.6. The van der Waals surface area contributed by atoms with Gasteiger partial charge in [0.25, 0.3) is 0 Å². The minimum absolute atomic E-state index is 0.176. The van der Waals surface area contributed by atoms with Crippen LogP contribution in [0.25, 0.3) is 10.6 Å². The number of hydrogen-bond acceptors (Lipinski definition) is 4. The Hall–Kier alpha value is -2.86. The van der Waals surface area contributed by atoms with Crippen LogP contribution in [0.1, 0.15) is 6.92 Å². The van der Waals surface area contributed by atoms with E-state index >= 15 is 0 Å². The highest BCUT2D eigenvalue weighted by molar-refractivity contribution is 7.13. The molecule has 1 aromatic heterocycles. The second-order valence-electron chi connectivity index (χ2n) is 6.05. The average molecular weight is 366 g/mol. The minimum Gasteiger partial charge on any atom is -0.370 e. The summed E-state index contributed by atoms with van der Waals surface area (Å²) in [5, 5.41) is 8.70. The molecular formula is C20H22N4OS. The summed E-state index contributed by atoms with van der Waals surface area (Å²) in [6.45, 7) is 2.63. The fourth-order valence-corrected chi connectivity index (χ4v) is 3.18. The van der Waals surface area contributed by atoms with Gasteiger partial charge < -0.3 is 15.5 Å². The number of carbonyl (C=O) groups is 1. The maximum atomic E-state index is 12.1. The third-order valence-corrected chi connectivity index (χ3v) is 5.03. The zero-order valence-corrected chi connectivity index (χ0v) is 15.7. The number of benzene rings is 2. The zero-order valence-electron chi connectivity index (χ0n) is 14.8. The van der Waals surface area contributed by atoms with Crippen molar-refractivity contribution in [2.24, 2.45) is 0 Å². The number of para-hydroxylation sites is 1. The first kappa shape index (κ1) is 17.9. The van der Waals surface area contributed by atoms with Crippen molar-refractivity contribution >= 4 is 28.7 Å². The summed E-state index contributed by atoms with van der Waals surface area (Å²) in [4.78, 5) is 18.6. The third kappa shape index (κ3) is 4.61. The predicted octanol–water partition coefficient (Wildman–Crippen LogP) is 4.46. The molecule has 6 heteroatoms. The van der Waals surface area contributed by atoms with E-state index in [0.29, 0.717) is 6.54 Å². The maximum absolute atomic E-state index is 12.1. The van der Waals surface area contributed by atoms with Gasteiger partial charge in [0.2, 0.25) is 0 Å². The molecule has 0 aliphatic rings. The molecule has 0 spiro atoms. The van der Waals surface area contributed by atoms with Crippen LogP contribution in [0.5, 0.6) is 0 Å². The van der Waals surface area contributed by atoms with Gasteiger partial charge in [-0.1, -0.05) is 18.2 Å². The molecule has 0 aliphatic heterocycles. The van der Waals surface area contributed by atoms with Crippen LogP contribution in [0, 0.1) is 0 Å². The number of thiazole rings is 1. The minimum atomic E-state index is -0.208. The van der Waals surface area contributed by atoms with Crippen molar-refractivity contribution in [2.45, 2.75) is 13.0 Å². The molecule has 0 bridgehead atoms. The lowest BCUT2D eigenvalue weighted by Gasteiger charge is -2.27. The number of hydrogen-bond donors (Lipinski definition) is 2. The third-order valence-electron chi connectivity index (χ3n) is 4.20. The average Bonchev–Trinajstić information content (AvgIpc) is 3.21. The molecule has 3 aromatic rings. The SMILES string of the molecule is C[C@@H](CNC(=O)Nc1ccc(-c2nccs2)cc1)N(C)c1ccccc1. The Morgan fingerprint density at radius 3 is 2.54 bits per heavy atom. The summed E-state index contributed by atoms with van der Waals surface area (Å²) in [6.07, 6.45) is 1.78. The van der Waals surface area contributed by atoms with Gasteiger partial charge in [-0.05, 0) is 43.3 Å². The Morgan fingerprint density at radius 2 is 1.88 bits per heavy atom. The van der Waals surface area contributed by atoms with Gasteiger partial charge >= 0.3 is 6.03 Å². The Labute approximate surface area is 157 Å². The molecule has 2 N–H and O–H groups in total. The van der Waals surface area contributed by atoms with Gasteiger partial charge in [0.15, 0.2) is 0 Å². The maximum Gasteiger partial charge on any atom is 0.319 e. The highest BCUT2D eigenvalue weighted by atomic mass is 32.1. The Bertz CT molecular complexity index is 819. The van der Waals surface area contributed by atoms with E-state index in [1.165, 1.54) is 0 Å². The molecule has 1 atom stereocenters. The fourth-order valence-electron chi connectivity index (χ4n) is 2.53. The lowest BCUT2D eigenvalue weighted by Crippen LogP contribution is -2.41. The topological polar surface area (TPSA) is 57.3 Å². The molecule has 1 heterocycles. The summed E-state index contributed by atoms with van der Waals surface area (Å²) >= 11 is 1.59. The van der Waals surface area contributed by atoms with Crippen molar-refractivity contribution in [3.8, 4) is 10.6 Å². The zero-order chi connectivity index (χ0) is 18.4. The van der Waals surface area contributed by atoms with Crippen molar-refractivity contribution in [1.82, 2.24) is 10.3 Å². The first-order valence-electron chi connectivity index (χ1n) is 8.46. The summed E-state index contributed by atoms with van der Waals surface area (Å²) in [7, 11) is 2.02. The van der Waals surface area contributed by atoms with Gasteiger partial charge in [0.1, 0.15) is 5.01 Å². The number of likely N-dealkylation sites (N-methyl/N-ethyl adjacent to an activating group) is 1. The summed E-state index contributed by atoms with van der Waals surface area (Å²) in [5.74, 6) is 0. The van der Waals surface area contributed by atoms with Crippen LogP contribution in [-0.4, -0.2) is 30.6 Å². The van der Waals surface area contributed by atoms with E-state index in [9.17, 15) is 4.79 Å². The number of nitrogens with one attached hydrogen (secondary N) is 2. The smallest absolute Gasteiger partial charge is 0.319 e. The Kier molecular flexibility index (Phi) is 5.86. The molecule has 2 aromatic carbocycles. The quantitative estimate of drug-likeness (QED) is 0.677. The van der Waals surface area contributed by atoms with E-state index in [-0.39, 0.29) is 12.1 Å². The summed E-state index contributed by atoms with van der Waals surface area (Å²) in [6, 6.07) is 17.8. The first-order chi connectivity index (χ1) is 12.6. The van der Waals surface area contributed by atoms with Gasteiger partial charge in [-0.3, -0.25) is 0 Å². The van der Waals surface area contributed by atoms with Gasteiger partial charge in [0, 0.05) is 48.1 Å². The molecule has 2 amide bonds. The lowest BCUT2D eigenvalue weighted by molar-refractivity contribution is 0.251. The summed E-state index contributed by atoms with van der Waals surface area (Å²) in [5.41, 5.74) is 2.93. The number of amides is 2. The number of urea groups is 1. The molecule has 5 nitrogen and oxygen atoms in total. The van der Waals surface area contributed by atoms with E-state index in [4.69, 9.17) is 0 Å². The van der Waals surface area contributed by atoms with Gasteiger partial charge in [-0.25, -0.2) is 9.78 Å². The van der Waals surface area contributed by atoms with Crippen LogP contribution in [0.3, 0.4) is 0 Å². The van der Waals surface area contributed by atoms with Gasteiger partial charge in [-0.15, -0.1) is 11.3 Å². The molecule has 3 rings (SSSR count). The van der Waals surface area contributed by atoms with E-state index in [1.54, 1.807) is 17.5 Å². The van der Waals surface area contributed by atoms with Crippen LogP contribution in [0.4, 0.5) is 16.2 Å². The molecule has 26 heavy (non-hydrogen) atoms. The predicted molar refractivity (Wildman–Crippen MR) is 109 cm³/mol. The second-order valence-corrected chi connectivity index (χ2v) is 6.94. The van der Waals surface area contributed by atoms with Crippen molar-refractivity contribution in [2.75, 3.05) is 23.8 Å². The first-order valence-corrected chi connectivity index (χ1v) is 9.34. The fraction of sp³-hybridized carbons (Fsp3) is 0.200. The van der Waals surface area contributed by atoms with Crippen LogP contribution in [-0.2, 0) is 0 Å². The van der Waals surface area contributed by atoms with E-state index < -0.39 is 0 Å². The van der Waals surface area contributed by atoms with Crippen molar-refractivity contribution in [3.05, 3.63) is 66.2 Å². The van der Waals surface area contributed by atoms with E-state index in [1.807, 2.05) is 54.9 Å². The number of carbonyl (C=O) groups excluding carboxylic acids is 1. The Balaban J connectivity index is 1.49. The highest BCUT2D eigenvalue weighted by Crippen LogP contribution is 2.23. The highest BCUT2D eigenvalue weighted by Gasteiger charge is 2.11. The van der Waals surface area contributed by atoms with Crippen molar-refractivity contribution in [3.63, 3.8) is 0 Å². The molecule has 0 saturated carbocycles. The van der Waals surface area contributed by atoms with E-state index in [2.05, 4.69) is 39.6 Å². The summed E-state index contributed by atoms with van der Waals surface area (Å²) < 4.78 is 0. The van der Waals surface area contributed by atoms with Gasteiger partial charge in [0.05, 0.1) is 0 Å². The molecule has 0 radical (unpaired) electrons. The van der Waals surface area contributed by atoms with Crippen LogP contribution >= 0.6 is 11.3 Å². The molecule has 0 saturated heterocycles. The van der Waals surface area contributed by atoms with Crippen LogP contribution < -0.4 is 15.5 Å². The monoisotopic (exact) mass is 366 g/mol. The van der Waals surface area contributed by atoms with Crippen LogP contribution in [0.15, 0.2) is 66.2 Å². The van der Waals surface area contributed by atoms with Crippen molar-refractivity contribution < 1.29 is 4.79 Å². The van der Waals surface area contributed by atoms with Crippen LogP contribution in [0.2, 0.25) is 0 Å². The number of nitrogens with zero attached hydrogens (tertiary/aromatic N) is 2. The molecule has 0 aliphatic carbocycles. The molecule has 0 unspecified atom stereocenters. The second kappa shape index (κ2) is 8.49.